The average Bonchev–Trinajstić information content (AvgIpc) is 2.70. The fraction of sp³-hybridized carbons (Fsp3) is 0.0909. The average molecular weight is 381 g/mol. The highest BCUT2D eigenvalue weighted by atomic mass is 32.1. The van der Waals surface area contributed by atoms with E-state index in [1.54, 1.807) is 12.1 Å². The van der Waals surface area contributed by atoms with Gasteiger partial charge in [0.25, 0.3) is 0 Å². The lowest BCUT2D eigenvalue weighted by Gasteiger charge is -2.15. The number of rotatable bonds is 4. The molecule has 0 fully saturated rings. The summed E-state index contributed by atoms with van der Waals surface area (Å²) >= 11 is 8.92. The molecule has 0 aromatic heterocycles. The van der Waals surface area contributed by atoms with E-state index in [9.17, 15) is 4.79 Å². The first-order valence-electron chi connectivity index (χ1n) is 8.17. The number of hydrogen-bond donors (Lipinski definition) is 1. The Morgan fingerprint density at radius 2 is 1.23 bits per heavy atom. The van der Waals surface area contributed by atoms with Crippen LogP contribution in [0.2, 0.25) is 0 Å². The standard InChI is InChI=1S/C15H14OS.C7H6OS/c1-12(13-8-4-2-5-9-13)16-15(17)14-10-6-3-7-11-14;8-7(9)6-4-2-1-3-5-6/h2-12H,1H3;1-5H,(H,8,9). The van der Waals surface area contributed by atoms with E-state index in [0.29, 0.717) is 10.6 Å². The molecule has 0 bridgehead atoms. The molecule has 3 aromatic rings. The first-order chi connectivity index (χ1) is 12.6. The minimum Gasteiger partial charge on any atom is -0.475 e. The topological polar surface area (TPSA) is 26.3 Å². The summed E-state index contributed by atoms with van der Waals surface area (Å²) in [6.07, 6.45) is -0.0242. The van der Waals surface area contributed by atoms with Crippen molar-refractivity contribution in [3.8, 4) is 0 Å². The van der Waals surface area contributed by atoms with Crippen LogP contribution in [0.5, 0.6) is 0 Å². The molecule has 4 heteroatoms. The van der Waals surface area contributed by atoms with Crippen LogP contribution < -0.4 is 0 Å². The summed E-state index contributed by atoms with van der Waals surface area (Å²) in [6, 6.07) is 28.8. The van der Waals surface area contributed by atoms with Gasteiger partial charge in [-0.2, -0.15) is 0 Å². The van der Waals surface area contributed by atoms with E-state index >= 15 is 0 Å². The lowest BCUT2D eigenvalue weighted by Crippen LogP contribution is -2.07. The zero-order chi connectivity index (χ0) is 18.8. The molecule has 0 N–H and O–H groups in total. The largest absolute Gasteiger partial charge is 0.475 e. The van der Waals surface area contributed by atoms with Crippen molar-refractivity contribution in [2.24, 2.45) is 0 Å². The molecule has 0 aliphatic heterocycles. The molecule has 2 nitrogen and oxygen atoms in total. The van der Waals surface area contributed by atoms with Gasteiger partial charge in [0.2, 0.25) is 5.12 Å². The maximum Gasteiger partial charge on any atom is 0.216 e. The van der Waals surface area contributed by atoms with Crippen molar-refractivity contribution in [3.05, 3.63) is 108 Å². The summed E-state index contributed by atoms with van der Waals surface area (Å²) in [4.78, 5) is 10.5. The third kappa shape index (κ3) is 6.47. The Kier molecular flexibility index (Phi) is 8.06. The van der Waals surface area contributed by atoms with E-state index in [4.69, 9.17) is 17.0 Å². The molecule has 0 saturated heterocycles. The van der Waals surface area contributed by atoms with E-state index in [1.165, 1.54) is 0 Å². The summed E-state index contributed by atoms with van der Waals surface area (Å²) in [7, 11) is 0. The molecule has 0 aliphatic rings. The molecule has 0 saturated carbocycles. The van der Waals surface area contributed by atoms with Gasteiger partial charge in [0, 0.05) is 11.1 Å². The molecule has 3 rings (SSSR count). The first-order valence-corrected chi connectivity index (χ1v) is 9.03. The quantitative estimate of drug-likeness (QED) is 0.451. The van der Waals surface area contributed by atoms with E-state index < -0.39 is 0 Å². The summed E-state index contributed by atoms with van der Waals surface area (Å²) in [5.74, 6) is 0. The highest BCUT2D eigenvalue weighted by molar-refractivity contribution is 7.97. The molecule has 3 aromatic carbocycles. The fourth-order valence-corrected chi connectivity index (χ4v) is 2.61. The molecule has 1 atom stereocenters. The van der Waals surface area contributed by atoms with Crippen LogP contribution in [0.1, 0.15) is 34.5 Å². The van der Waals surface area contributed by atoms with Crippen LogP contribution in [-0.4, -0.2) is 10.2 Å². The predicted octanol–water partition coefficient (Wildman–Crippen LogP) is 5.90. The minimum absolute atomic E-state index is 0.0242. The number of carbonyl (C=O) groups excluding carboxylic acids is 1. The smallest absolute Gasteiger partial charge is 0.216 e. The van der Waals surface area contributed by atoms with E-state index in [2.05, 4.69) is 12.6 Å². The summed E-state index contributed by atoms with van der Waals surface area (Å²) in [5, 5.41) is 0.359. The zero-order valence-electron chi connectivity index (χ0n) is 14.4. The molecule has 132 valence electrons. The van der Waals surface area contributed by atoms with Crippen LogP contribution in [0, 0.1) is 0 Å². The van der Waals surface area contributed by atoms with Crippen LogP contribution in [0.4, 0.5) is 0 Å². The van der Waals surface area contributed by atoms with Gasteiger partial charge >= 0.3 is 0 Å². The van der Waals surface area contributed by atoms with Crippen LogP contribution >= 0.6 is 24.8 Å². The van der Waals surface area contributed by atoms with Crippen molar-refractivity contribution in [1.29, 1.82) is 0 Å². The van der Waals surface area contributed by atoms with E-state index in [0.717, 1.165) is 11.1 Å². The van der Waals surface area contributed by atoms with E-state index in [-0.39, 0.29) is 11.2 Å². The van der Waals surface area contributed by atoms with Gasteiger partial charge in [-0.05, 0) is 24.7 Å². The first kappa shape index (κ1) is 19.9. The number of carbonyl (C=O) groups is 1. The lowest BCUT2D eigenvalue weighted by molar-refractivity contribution is 0.109. The normalized spacial score (nSPS) is 10.8. The van der Waals surface area contributed by atoms with Crippen LogP contribution in [0.15, 0.2) is 91.0 Å². The van der Waals surface area contributed by atoms with Gasteiger partial charge in [-0.15, -0.1) is 12.6 Å². The van der Waals surface area contributed by atoms with Crippen molar-refractivity contribution in [2.75, 3.05) is 0 Å². The van der Waals surface area contributed by atoms with Crippen LogP contribution in [-0.2, 0) is 4.74 Å². The Bertz CT molecular complexity index is 819. The Balaban J connectivity index is 0.000000228. The van der Waals surface area contributed by atoms with Crippen molar-refractivity contribution in [3.63, 3.8) is 0 Å². The molecule has 0 radical (unpaired) electrons. The summed E-state index contributed by atoms with van der Waals surface area (Å²) in [5.41, 5.74) is 2.72. The van der Waals surface area contributed by atoms with Gasteiger partial charge in [-0.1, -0.05) is 91.0 Å². The Morgan fingerprint density at radius 3 is 1.65 bits per heavy atom. The molecule has 0 amide bonds. The molecule has 0 aliphatic carbocycles. The molecule has 0 heterocycles. The minimum atomic E-state index is -0.185. The molecule has 1 unspecified atom stereocenters. The number of thiol groups is 1. The second kappa shape index (κ2) is 10.5. The van der Waals surface area contributed by atoms with Gasteiger partial charge in [0.15, 0.2) is 5.05 Å². The molecular weight excluding hydrogens is 360 g/mol. The number of thiocarbonyl (C=S) groups is 1. The SMILES string of the molecule is CC(OC(=S)c1ccccc1)c1ccccc1.O=C(S)c1ccccc1. The second-order valence-electron chi connectivity index (χ2n) is 5.50. The Hall–Kier alpha value is -2.43. The molecule has 0 spiro atoms. The molecular formula is C22H20O2S2. The second-order valence-corrected chi connectivity index (χ2v) is 6.27. The van der Waals surface area contributed by atoms with Crippen LogP contribution in [0.3, 0.4) is 0 Å². The summed E-state index contributed by atoms with van der Waals surface area (Å²) in [6.45, 7) is 2.00. The lowest BCUT2D eigenvalue weighted by atomic mass is 10.1. The maximum absolute atomic E-state index is 10.5. The van der Waals surface area contributed by atoms with E-state index in [1.807, 2.05) is 85.8 Å². The third-order valence-electron chi connectivity index (χ3n) is 3.58. The van der Waals surface area contributed by atoms with Gasteiger partial charge in [-0.25, -0.2) is 0 Å². The van der Waals surface area contributed by atoms with Gasteiger partial charge in [0.05, 0.1) is 0 Å². The fourth-order valence-electron chi connectivity index (χ4n) is 2.18. The highest BCUT2D eigenvalue weighted by Crippen LogP contribution is 2.18. The van der Waals surface area contributed by atoms with Crippen molar-refractivity contribution >= 4 is 35.0 Å². The zero-order valence-corrected chi connectivity index (χ0v) is 16.1. The van der Waals surface area contributed by atoms with Crippen molar-refractivity contribution in [2.45, 2.75) is 13.0 Å². The Labute approximate surface area is 165 Å². The number of ether oxygens (including phenoxy) is 1. The van der Waals surface area contributed by atoms with Crippen molar-refractivity contribution in [1.82, 2.24) is 0 Å². The summed E-state index contributed by atoms with van der Waals surface area (Å²) < 4.78 is 5.75. The monoisotopic (exact) mass is 380 g/mol. The number of benzene rings is 3. The number of hydrogen-bond acceptors (Lipinski definition) is 3. The van der Waals surface area contributed by atoms with Gasteiger partial charge in [0.1, 0.15) is 6.10 Å². The predicted molar refractivity (Wildman–Crippen MR) is 114 cm³/mol. The van der Waals surface area contributed by atoms with Crippen LogP contribution in [0.25, 0.3) is 0 Å². The Morgan fingerprint density at radius 1 is 0.808 bits per heavy atom. The molecule has 26 heavy (non-hydrogen) atoms. The van der Waals surface area contributed by atoms with Crippen molar-refractivity contribution < 1.29 is 9.53 Å². The maximum atomic E-state index is 10.5. The third-order valence-corrected chi connectivity index (χ3v) is 4.17. The highest BCUT2D eigenvalue weighted by Gasteiger charge is 2.09. The van der Waals surface area contributed by atoms with Gasteiger partial charge in [-0.3, -0.25) is 4.79 Å². The van der Waals surface area contributed by atoms with Gasteiger partial charge < -0.3 is 4.74 Å².